The van der Waals surface area contributed by atoms with Gasteiger partial charge in [0.15, 0.2) is 5.75 Å². The Morgan fingerprint density at radius 1 is 1.67 bits per heavy atom. The van der Waals surface area contributed by atoms with Crippen molar-refractivity contribution in [2.24, 2.45) is 0 Å². The van der Waals surface area contributed by atoms with Gasteiger partial charge in [-0.25, -0.2) is 0 Å². The van der Waals surface area contributed by atoms with Gasteiger partial charge in [0.05, 0.1) is 18.8 Å². The minimum Gasteiger partial charge on any atom is -0.493 e. The van der Waals surface area contributed by atoms with E-state index in [1.165, 1.54) is 12.1 Å². The fraction of sp³-hybridized carbons (Fsp3) is 0.727. The number of aryl methyl sites for hydroxylation is 1. The minimum absolute atomic E-state index is 0.0256. The lowest BCUT2D eigenvalue weighted by atomic mass is 9.95. The van der Waals surface area contributed by atoms with Crippen LogP contribution in [0.3, 0.4) is 0 Å². The van der Waals surface area contributed by atoms with Crippen molar-refractivity contribution in [3.05, 3.63) is 11.9 Å². The average molecular weight is 209 g/mol. The molecule has 84 valence electrons. The molecule has 1 aliphatic heterocycles. The lowest BCUT2D eigenvalue weighted by Crippen LogP contribution is -2.36. The Hall–Kier alpha value is -1.03. The van der Waals surface area contributed by atoms with Crippen LogP contribution in [0.4, 0.5) is 0 Å². The lowest BCUT2D eigenvalue weighted by Gasteiger charge is -2.26. The smallest absolute Gasteiger partial charge is 0.161 e. The summed E-state index contributed by atoms with van der Waals surface area (Å²) in [5.74, 6) is 0.897. The second-order valence-corrected chi connectivity index (χ2v) is 4.24. The SMILES string of the molecule is CCn1ncc(OC)c1C1(C)CCCN1. The van der Waals surface area contributed by atoms with Crippen LogP contribution in [0.25, 0.3) is 0 Å². The van der Waals surface area contributed by atoms with Crippen molar-refractivity contribution >= 4 is 0 Å². The molecule has 1 N–H and O–H groups in total. The van der Waals surface area contributed by atoms with Gasteiger partial charge in [0.2, 0.25) is 0 Å². The Bertz CT molecular complexity index is 318. The summed E-state index contributed by atoms with van der Waals surface area (Å²) < 4.78 is 7.41. The fourth-order valence-corrected chi connectivity index (χ4v) is 2.41. The van der Waals surface area contributed by atoms with Gasteiger partial charge in [-0.3, -0.25) is 4.68 Å². The van der Waals surface area contributed by atoms with Gasteiger partial charge >= 0.3 is 0 Å². The van der Waals surface area contributed by atoms with E-state index < -0.39 is 0 Å². The van der Waals surface area contributed by atoms with Gasteiger partial charge in [-0.05, 0) is 33.2 Å². The van der Waals surface area contributed by atoms with Crippen molar-refractivity contribution in [2.45, 2.75) is 38.8 Å². The molecule has 4 nitrogen and oxygen atoms in total. The summed E-state index contributed by atoms with van der Waals surface area (Å²) >= 11 is 0. The van der Waals surface area contributed by atoms with Gasteiger partial charge in [-0.15, -0.1) is 0 Å². The second kappa shape index (κ2) is 3.85. The summed E-state index contributed by atoms with van der Waals surface area (Å²) in [6.07, 6.45) is 4.17. The molecular formula is C11H19N3O. The minimum atomic E-state index is 0.0256. The molecule has 1 aromatic heterocycles. The summed E-state index contributed by atoms with van der Waals surface area (Å²) in [5, 5.41) is 7.89. The zero-order valence-electron chi connectivity index (χ0n) is 9.71. The van der Waals surface area contributed by atoms with E-state index in [1.807, 2.05) is 10.9 Å². The Balaban J connectivity index is 2.43. The molecule has 1 saturated heterocycles. The van der Waals surface area contributed by atoms with Crippen LogP contribution in [0.5, 0.6) is 5.75 Å². The van der Waals surface area contributed by atoms with E-state index in [9.17, 15) is 0 Å². The zero-order valence-corrected chi connectivity index (χ0v) is 9.71. The number of hydrogen-bond donors (Lipinski definition) is 1. The third-order valence-corrected chi connectivity index (χ3v) is 3.22. The normalized spacial score (nSPS) is 25.8. The monoisotopic (exact) mass is 209 g/mol. The molecule has 0 radical (unpaired) electrons. The van der Waals surface area contributed by atoms with Crippen molar-refractivity contribution in [3.63, 3.8) is 0 Å². The van der Waals surface area contributed by atoms with Gasteiger partial charge in [0.1, 0.15) is 5.69 Å². The van der Waals surface area contributed by atoms with E-state index in [2.05, 4.69) is 24.3 Å². The maximum atomic E-state index is 5.38. The molecule has 1 aliphatic rings. The van der Waals surface area contributed by atoms with Crippen molar-refractivity contribution in [3.8, 4) is 5.75 Å². The first-order valence-electron chi connectivity index (χ1n) is 5.56. The van der Waals surface area contributed by atoms with Crippen molar-refractivity contribution < 1.29 is 4.74 Å². The highest BCUT2D eigenvalue weighted by atomic mass is 16.5. The molecule has 2 rings (SSSR count). The van der Waals surface area contributed by atoms with Crippen molar-refractivity contribution in [1.82, 2.24) is 15.1 Å². The number of aromatic nitrogens is 2. The first kappa shape index (κ1) is 10.5. The van der Waals surface area contributed by atoms with E-state index in [-0.39, 0.29) is 5.54 Å². The molecule has 0 bridgehead atoms. The van der Waals surface area contributed by atoms with Gasteiger partial charge < -0.3 is 10.1 Å². The molecule has 1 unspecified atom stereocenters. The summed E-state index contributed by atoms with van der Waals surface area (Å²) in [4.78, 5) is 0. The van der Waals surface area contributed by atoms with Gasteiger partial charge in [-0.1, -0.05) is 0 Å². The van der Waals surface area contributed by atoms with Crippen LogP contribution in [0.2, 0.25) is 0 Å². The summed E-state index contributed by atoms with van der Waals surface area (Å²) in [7, 11) is 1.71. The molecular weight excluding hydrogens is 190 g/mol. The molecule has 15 heavy (non-hydrogen) atoms. The topological polar surface area (TPSA) is 39.1 Å². The molecule has 1 aromatic rings. The molecule has 0 amide bonds. The van der Waals surface area contributed by atoms with Crippen molar-refractivity contribution in [1.29, 1.82) is 0 Å². The standard InChI is InChI=1S/C11H19N3O/c1-4-14-10(9(15-3)8-13-14)11(2)6-5-7-12-11/h8,12H,4-7H2,1-3H3. The summed E-state index contributed by atoms with van der Waals surface area (Å²) in [6, 6.07) is 0. The molecule has 0 aromatic carbocycles. The summed E-state index contributed by atoms with van der Waals surface area (Å²) in [5.41, 5.74) is 1.21. The Labute approximate surface area is 90.6 Å². The average Bonchev–Trinajstić information content (AvgIpc) is 2.83. The van der Waals surface area contributed by atoms with Crippen molar-refractivity contribution in [2.75, 3.05) is 13.7 Å². The highest BCUT2D eigenvalue weighted by Gasteiger charge is 2.36. The predicted octanol–water partition coefficient (Wildman–Crippen LogP) is 1.51. The van der Waals surface area contributed by atoms with Gasteiger partial charge in [0, 0.05) is 6.54 Å². The first-order chi connectivity index (χ1) is 7.21. The highest BCUT2D eigenvalue weighted by Crippen LogP contribution is 2.35. The van der Waals surface area contributed by atoms with E-state index in [0.717, 1.165) is 25.3 Å². The van der Waals surface area contributed by atoms with Gasteiger partial charge in [-0.2, -0.15) is 5.10 Å². The number of rotatable bonds is 3. The fourth-order valence-electron chi connectivity index (χ4n) is 2.41. The zero-order chi connectivity index (χ0) is 10.9. The van der Waals surface area contributed by atoms with Crippen LogP contribution in [0, 0.1) is 0 Å². The van der Waals surface area contributed by atoms with Crippen LogP contribution in [-0.2, 0) is 12.1 Å². The summed E-state index contributed by atoms with van der Waals surface area (Å²) in [6.45, 7) is 6.30. The highest BCUT2D eigenvalue weighted by molar-refractivity contribution is 5.32. The van der Waals surface area contributed by atoms with Crippen LogP contribution in [0.1, 0.15) is 32.4 Å². The molecule has 2 heterocycles. The Morgan fingerprint density at radius 3 is 3.00 bits per heavy atom. The van der Waals surface area contributed by atoms with Crippen LogP contribution in [0.15, 0.2) is 6.20 Å². The molecule has 0 aliphatic carbocycles. The van der Waals surface area contributed by atoms with E-state index >= 15 is 0 Å². The number of methoxy groups -OCH3 is 1. The maximum Gasteiger partial charge on any atom is 0.161 e. The largest absolute Gasteiger partial charge is 0.493 e. The molecule has 4 heteroatoms. The number of ether oxygens (including phenoxy) is 1. The lowest BCUT2D eigenvalue weighted by molar-refractivity contribution is 0.350. The number of nitrogens with zero attached hydrogens (tertiary/aromatic N) is 2. The second-order valence-electron chi connectivity index (χ2n) is 4.24. The first-order valence-corrected chi connectivity index (χ1v) is 5.56. The number of nitrogens with one attached hydrogen (secondary N) is 1. The van der Waals surface area contributed by atoms with Crippen LogP contribution < -0.4 is 10.1 Å². The van der Waals surface area contributed by atoms with Crippen LogP contribution >= 0.6 is 0 Å². The molecule has 1 atom stereocenters. The van der Waals surface area contributed by atoms with E-state index in [0.29, 0.717) is 0 Å². The Kier molecular flexibility index (Phi) is 2.69. The maximum absolute atomic E-state index is 5.38. The van der Waals surface area contributed by atoms with Gasteiger partial charge in [0.25, 0.3) is 0 Å². The molecule has 0 spiro atoms. The molecule has 0 saturated carbocycles. The third kappa shape index (κ3) is 1.63. The van der Waals surface area contributed by atoms with E-state index in [1.54, 1.807) is 7.11 Å². The van der Waals surface area contributed by atoms with Crippen LogP contribution in [-0.4, -0.2) is 23.4 Å². The Morgan fingerprint density at radius 2 is 2.47 bits per heavy atom. The number of hydrogen-bond acceptors (Lipinski definition) is 3. The van der Waals surface area contributed by atoms with E-state index in [4.69, 9.17) is 4.74 Å². The quantitative estimate of drug-likeness (QED) is 0.820. The molecule has 1 fully saturated rings. The third-order valence-electron chi connectivity index (χ3n) is 3.22. The predicted molar refractivity (Wildman–Crippen MR) is 59.0 cm³/mol.